The van der Waals surface area contributed by atoms with Crippen molar-refractivity contribution in [1.29, 1.82) is 0 Å². The van der Waals surface area contributed by atoms with Crippen molar-refractivity contribution in [2.45, 2.75) is 24.7 Å². The van der Waals surface area contributed by atoms with Crippen LogP contribution in [0.5, 0.6) is 5.75 Å². The van der Waals surface area contributed by atoms with Gasteiger partial charge in [-0.3, -0.25) is 0 Å². The van der Waals surface area contributed by atoms with Gasteiger partial charge in [-0.15, -0.1) is 0 Å². The third-order valence-electron chi connectivity index (χ3n) is 3.17. The first-order valence-corrected chi connectivity index (χ1v) is 5.16. The van der Waals surface area contributed by atoms with E-state index in [9.17, 15) is 10.2 Å². The van der Waals surface area contributed by atoms with Crippen LogP contribution in [0, 0.1) is 0 Å². The lowest BCUT2D eigenvalue weighted by Crippen LogP contribution is -2.37. The van der Waals surface area contributed by atoms with E-state index < -0.39 is 0 Å². The summed E-state index contributed by atoms with van der Waals surface area (Å²) < 4.78 is 0. The Labute approximate surface area is 88.1 Å². The lowest BCUT2D eigenvalue weighted by Gasteiger charge is -2.40. The molecule has 0 aromatic heterocycles. The molecule has 2 rings (SSSR count). The molecule has 3 heteroatoms. The first-order chi connectivity index (χ1) is 6.68. The molecule has 0 bridgehead atoms. The highest BCUT2D eigenvalue weighted by molar-refractivity contribution is 6.32. The molecule has 1 aromatic rings. The number of phenols is 1. The first kappa shape index (κ1) is 9.81. The second-order valence-corrected chi connectivity index (χ2v) is 4.37. The molecular weight excluding hydrogens is 200 g/mol. The molecule has 0 spiro atoms. The third-order valence-corrected chi connectivity index (χ3v) is 3.48. The number of aromatic hydroxyl groups is 1. The zero-order chi connectivity index (χ0) is 10.2. The quantitative estimate of drug-likeness (QED) is 0.791. The van der Waals surface area contributed by atoms with E-state index in [-0.39, 0.29) is 17.8 Å². The number of hydrogen-bond acceptors (Lipinski definition) is 2. The van der Waals surface area contributed by atoms with Gasteiger partial charge in [0.2, 0.25) is 0 Å². The summed E-state index contributed by atoms with van der Waals surface area (Å²) in [5, 5.41) is 19.0. The Morgan fingerprint density at radius 1 is 1.36 bits per heavy atom. The molecule has 0 unspecified atom stereocenters. The molecule has 1 fully saturated rings. The van der Waals surface area contributed by atoms with Crippen LogP contribution in [0.2, 0.25) is 5.02 Å². The second-order valence-electron chi connectivity index (χ2n) is 3.96. The molecule has 1 aliphatic carbocycles. The molecule has 0 heterocycles. The molecule has 2 nitrogen and oxygen atoms in total. The Bertz CT molecular complexity index is 340. The zero-order valence-corrected chi connectivity index (χ0v) is 8.59. The van der Waals surface area contributed by atoms with E-state index in [0.29, 0.717) is 5.02 Å². The molecule has 1 aromatic carbocycles. The van der Waals surface area contributed by atoms with Gasteiger partial charge in [-0.05, 0) is 30.5 Å². The molecule has 0 radical (unpaired) electrons. The molecule has 76 valence electrons. The van der Waals surface area contributed by atoms with Crippen molar-refractivity contribution in [2.24, 2.45) is 0 Å². The van der Waals surface area contributed by atoms with Gasteiger partial charge in [-0.2, -0.15) is 0 Å². The van der Waals surface area contributed by atoms with E-state index >= 15 is 0 Å². The predicted molar refractivity (Wildman–Crippen MR) is 55.7 cm³/mol. The van der Waals surface area contributed by atoms with Gasteiger partial charge in [0.1, 0.15) is 5.75 Å². The number of aliphatic hydroxyl groups is 1. The van der Waals surface area contributed by atoms with Gasteiger partial charge in [-0.25, -0.2) is 0 Å². The number of aliphatic hydroxyl groups excluding tert-OH is 1. The fourth-order valence-corrected chi connectivity index (χ4v) is 2.16. The van der Waals surface area contributed by atoms with Crippen LogP contribution in [0.3, 0.4) is 0 Å². The van der Waals surface area contributed by atoms with Crippen LogP contribution in [0.1, 0.15) is 24.8 Å². The minimum Gasteiger partial charge on any atom is -0.506 e. The summed E-state index contributed by atoms with van der Waals surface area (Å²) in [6.07, 6.45) is 3.16. The van der Waals surface area contributed by atoms with Gasteiger partial charge >= 0.3 is 0 Å². The summed E-state index contributed by atoms with van der Waals surface area (Å²) in [4.78, 5) is 0. The molecule has 2 N–H and O–H groups in total. The average molecular weight is 213 g/mol. The normalized spacial score (nSPS) is 19.0. The van der Waals surface area contributed by atoms with Gasteiger partial charge in [0.15, 0.2) is 0 Å². The minimum atomic E-state index is -0.0999. The van der Waals surface area contributed by atoms with Gasteiger partial charge in [-0.1, -0.05) is 24.1 Å². The second kappa shape index (κ2) is 3.44. The van der Waals surface area contributed by atoms with Crippen LogP contribution in [0.4, 0.5) is 0 Å². The molecule has 14 heavy (non-hydrogen) atoms. The fourth-order valence-electron chi connectivity index (χ4n) is 1.98. The highest BCUT2D eigenvalue weighted by Gasteiger charge is 2.38. The molecule has 1 aliphatic rings. The maximum atomic E-state index is 9.34. The highest BCUT2D eigenvalue weighted by atomic mass is 35.5. The van der Waals surface area contributed by atoms with Crippen LogP contribution in [0.25, 0.3) is 0 Å². The lowest BCUT2D eigenvalue weighted by molar-refractivity contribution is 0.120. The van der Waals surface area contributed by atoms with E-state index in [0.717, 1.165) is 24.8 Å². The summed E-state index contributed by atoms with van der Waals surface area (Å²) in [7, 11) is 0. The van der Waals surface area contributed by atoms with Crippen molar-refractivity contribution >= 4 is 11.6 Å². The van der Waals surface area contributed by atoms with Gasteiger partial charge in [0.25, 0.3) is 0 Å². The third kappa shape index (κ3) is 1.39. The first-order valence-electron chi connectivity index (χ1n) is 4.78. The standard InChI is InChI=1S/C11H13ClO2/c12-9-6-8(2-3-10(9)14)11(7-13)4-1-5-11/h2-3,6,13-14H,1,4-5,7H2. The van der Waals surface area contributed by atoms with Crippen LogP contribution in [-0.4, -0.2) is 16.8 Å². The minimum absolute atomic E-state index is 0.0998. The van der Waals surface area contributed by atoms with Gasteiger partial charge in [0.05, 0.1) is 11.6 Å². The van der Waals surface area contributed by atoms with E-state index in [2.05, 4.69) is 0 Å². The molecule has 1 saturated carbocycles. The van der Waals surface area contributed by atoms with Crippen LogP contribution < -0.4 is 0 Å². The lowest BCUT2D eigenvalue weighted by atomic mass is 9.65. The Balaban J connectivity index is 2.36. The summed E-state index contributed by atoms with van der Waals surface area (Å²) in [5.74, 6) is 0.0998. The molecule has 0 atom stereocenters. The van der Waals surface area contributed by atoms with Crippen molar-refractivity contribution in [3.63, 3.8) is 0 Å². The maximum absolute atomic E-state index is 9.34. The number of rotatable bonds is 2. The van der Waals surface area contributed by atoms with Crippen LogP contribution in [-0.2, 0) is 5.41 Å². The molecular formula is C11H13ClO2. The Hall–Kier alpha value is -0.730. The largest absolute Gasteiger partial charge is 0.506 e. The van der Waals surface area contributed by atoms with Crippen molar-refractivity contribution in [3.05, 3.63) is 28.8 Å². The Morgan fingerprint density at radius 3 is 2.50 bits per heavy atom. The summed E-state index contributed by atoms with van der Waals surface area (Å²) in [6.45, 7) is 0.161. The van der Waals surface area contributed by atoms with E-state index in [1.165, 1.54) is 0 Å². The topological polar surface area (TPSA) is 40.5 Å². The van der Waals surface area contributed by atoms with Crippen molar-refractivity contribution in [1.82, 2.24) is 0 Å². The van der Waals surface area contributed by atoms with E-state index in [1.54, 1.807) is 12.1 Å². The predicted octanol–water partition coefficient (Wildman–Crippen LogP) is 2.46. The van der Waals surface area contributed by atoms with Crippen LogP contribution >= 0.6 is 11.6 Å². The summed E-state index contributed by atoms with van der Waals surface area (Å²) in [5.41, 5.74) is 0.936. The number of phenolic OH excluding ortho intramolecular Hbond substituents is 1. The molecule has 0 amide bonds. The average Bonchev–Trinajstić information content (AvgIpc) is 2.10. The zero-order valence-electron chi connectivity index (χ0n) is 7.83. The number of benzene rings is 1. The summed E-state index contributed by atoms with van der Waals surface area (Å²) >= 11 is 5.83. The van der Waals surface area contributed by atoms with Crippen LogP contribution in [0.15, 0.2) is 18.2 Å². The Kier molecular flexibility index (Phi) is 2.41. The monoisotopic (exact) mass is 212 g/mol. The molecule has 0 aliphatic heterocycles. The highest BCUT2D eigenvalue weighted by Crippen LogP contribution is 2.44. The maximum Gasteiger partial charge on any atom is 0.134 e. The Morgan fingerprint density at radius 2 is 2.07 bits per heavy atom. The van der Waals surface area contributed by atoms with Crippen molar-refractivity contribution < 1.29 is 10.2 Å². The van der Waals surface area contributed by atoms with Gasteiger partial charge in [0, 0.05) is 5.41 Å². The van der Waals surface area contributed by atoms with Crippen molar-refractivity contribution in [2.75, 3.05) is 6.61 Å². The summed E-state index contributed by atoms with van der Waals surface area (Å²) in [6, 6.07) is 5.19. The fraction of sp³-hybridized carbons (Fsp3) is 0.455. The number of halogens is 1. The van der Waals surface area contributed by atoms with Crippen molar-refractivity contribution in [3.8, 4) is 5.75 Å². The molecule has 0 saturated heterocycles. The smallest absolute Gasteiger partial charge is 0.134 e. The van der Waals surface area contributed by atoms with E-state index in [1.807, 2.05) is 6.07 Å². The van der Waals surface area contributed by atoms with E-state index in [4.69, 9.17) is 11.6 Å². The number of hydrogen-bond donors (Lipinski definition) is 2. The van der Waals surface area contributed by atoms with Gasteiger partial charge < -0.3 is 10.2 Å². The SMILES string of the molecule is OCC1(c2ccc(O)c(Cl)c2)CCC1.